The SMILES string of the molecule is CCc1ccc(CNC(C)c2ccc(F)cc2)s1. The zero-order valence-corrected chi connectivity index (χ0v) is 11.6. The molecule has 1 heterocycles. The molecule has 0 aliphatic rings. The molecule has 1 N–H and O–H groups in total. The second kappa shape index (κ2) is 6.12. The molecule has 0 radical (unpaired) electrons. The average molecular weight is 263 g/mol. The summed E-state index contributed by atoms with van der Waals surface area (Å²) in [7, 11) is 0. The Bertz CT molecular complexity index is 489. The van der Waals surface area contributed by atoms with Crippen LogP contribution in [-0.4, -0.2) is 0 Å². The van der Waals surface area contributed by atoms with Crippen LogP contribution in [0.3, 0.4) is 0 Å². The highest BCUT2D eigenvalue weighted by molar-refractivity contribution is 7.11. The first kappa shape index (κ1) is 13.2. The van der Waals surface area contributed by atoms with Gasteiger partial charge in [0.15, 0.2) is 0 Å². The number of halogens is 1. The number of aryl methyl sites for hydroxylation is 1. The molecule has 0 fully saturated rings. The molecule has 1 atom stereocenters. The van der Waals surface area contributed by atoms with Crippen LogP contribution >= 0.6 is 11.3 Å². The third-order valence-corrected chi connectivity index (χ3v) is 4.25. The van der Waals surface area contributed by atoms with Crippen molar-refractivity contribution >= 4 is 11.3 Å². The van der Waals surface area contributed by atoms with E-state index >= 15 is 0 Å². The summed E-state index contributed by atoms with van der Waals surface area (Å²) in [5.74, 6) is -0.184. The topological polar surface area (TPSA) is 12.0 Å². The normalized spacial score (nSPS) is 12.6. The van der Waals surface area contributed by atoms with Gasteiger partial charge in [-0.05, 0) is 43.2 Å². The van der Waals surface area contributed by atoms with Crippen molar-refractivity contribution in [1.29, 1.82) is 0 Å². The van der Waals surface area contributed by atoms with Crippen molar-refractivity contribution in [1.82, 2.24) is 5.32 Å². The minimum Gasteiger partial charge on any atom is -0.305 e. The van der Waals surface area contributed by atoms with Crippen molar-refractivity contribution in [3.63, 3.8) is 0 Å². The maximum absolute atomic E-state index is 12.8. The zero-order chi connectivity index (χ0) is 13.0. The first-order chi connectivity index (χ1) is 8.69. The fourth-order valence-electron chi connectivity index (χ4n) is 1.83. The van der Waals surface area contributed by atoms with Crippen LogP contribution in [0.4, 0.5) is 4.39 Å². The van der Waals surface area contributed by atoms with E-state index in [9.17, 15) is 4.39 Å². The minimum absolute atomic E-state index is 0.184. The summed E-state index contributed by atoms with van der Waals surface area (Å²) in [6.45, 7) is 5.13. The summed E-state index contributed by atoms with van der Waals surface area (Å²) in [6.07, 6.45) is 1.10. The van der Waals surface area contributed by atoms with Gasteiger partial charge in [-0.15, -0.1) is 11.3 Å². The first-order valence-corrected chi connectivity index (χ1v) is 7.07. The number of nitrogens with one attached hydrogen (secondary N) is 1. The molecule has 0 spiro atoms. The molecule has 0 aliphatic heterocycles. The van der Waals surface area contributed by atoms with Gasteiger partial charge in [0, 0.05) is 22.3 Å². The van der Waals surface area contributed by atoms with E-state index < -0.39 is 0 Å². The lowest BCUT2D eigenvalue weighted by atomic mass is 10.1. The molecule has 0 saturated carbocycles. The highest BCUT2D eigenvalue weighted by atomic mass is 32.1. The Labute approximate surface area is 112 Å². The van der Waals surface area contributed by atoms with Gasteiger partial charge >= 0.3 is 0 Å². The number of hydrogen-bond acceptors (Lipinski definition) is 2. The smallest absolute Gasteiger partial charge is 0.123 e. The lowest BCUT2D eigenvalue weighted by Gasteiger charge is -2.13. The third-order valence-electron chi connectivity index (χ3n) is 3.02. The van der Waals surface area contributed by atoms with Gasteiger partial charge in [-0.25, -0.2) is 4.39 Å². The van der Waals surface area contributed by atoms with Gasteiger partial charge in [0.05, 0.1) is 0 Å². The number of thiophene rings is 1. The van der Waals surface area contributed by atoms with Crippen molar-refractivity contribution in [2.75, 3.05) is 0 Å². The van der Waals surface area contributed by atoms with Crippen LogP contribution in [0.2, 0.25) is 0 Å². The third kappa shape index (κ3) is 3.40. The summed E-state index contributed by atoms with van der Waals surface area (Å²) < 4.78 is 12.8. The lowest BCUT2D eigenvalue weighted by molar-refractivity contribution is 0.575. The van der Waals surface area contributed by atoms with Gasteiger partial charge in [0.25, 0.3) is 0 Å². The van der Waals surface area contributed by atoms with Gasteiger partial charge in [0.2, 0.25) is 0 Å². The van der Waals surface area contributed by atoms with E-state index in [-0.39, 0.29) is 11.9 Å². The molecule has 2 aromatic rings. The average Bonchev–Trinajstić information content (AvgIpc) is 2.85. The molecule has 18 heavy (non-hydrogen) atoms. The van der Waals surface area contributed by atoms with E-state index in [0.717, 1.165) is 18.5 Å². The van der Waals surface area contributed by atoms with Crippen LogP contribution in [0.1, 0.15) is 35.2 Å². The summed E-state index contributed by atoms with van der Waals surface area (Å²) in [6, 6.07) is 11.3. The molecule has 96 valence electrons. The Balaban J connectivity index is 1.91. The van der Waals surface area contributed by atoms with Crippen LogP contribution in [-0.2, 0) is 13.0 Å². The summed E-state index contributed by atoms with van der Waals surface area (Å²) in [5.41, 5.74) is 1.11. The highest BCUT2D eigenvalue weighted by Crippen LogP contribution is 2.19. The maximum atomic E-state index is 12.8. The van der Waals surface area contributed by atoms with Crippen LogP contribution in [0.5, 0.6) is 0 Å². The molecule has 0 bridgehead atoms. The van der Waals surface area contributed by atoms with Crippen LogP contribution in [0, 0.1) is 5.82 Å². The van der Waals surface area contributed by atoms with Gasteiger partial charge in [-0.1, -0.05) is 19.1 Å². The second-order valence-corrected chi connectivity index (χ2v) is 5.63. The van der Waals surface area contributed by atoms with Crippen molar-refractivity contribution in [2.24, 2.45) is 0 Å². The fraction of sp³-hybridized carbons (Fsp3) is 0.333. The van der Waals surface area contributed by atoms with Gasteiger partial charge in [-0.2, -0.15) is 0 Å². The monoisotopic (exact) mass is 263 g/mol. The predicted octanol–water partition coefficient (Wildman–Crippen LogP) is 4.30. The van der Waals surface area contributed by atoms with E-state index in [1.54, 1.807) is 0 Å². The quantitative estimate of drug-likeness (QED) is 0.848. The van der Waals surface area contributed by atoms with Crippen molar-refractivity contribution < 1.29 is 4.39 Å². The Hall–Kier alpha value is -1.19. The van der Waals surface area contributed by atoms with E-state index in [1.165, 1.54) is 21.9 Å². The van der Waals surface area contributed by atoms with Crippen molar-refractivity contribution in [3.8, 4) is 0 Å². The molecule has 1 aromatic carbocycles. The van der Waals surface area contributed by atoms with Gasteiger partial charge < -0.3 is 5.32 Å². The summed E-state index contributed by atoms with van der Waals surface area (Å²) >= 11 is 1.85. The molecule has 1 aromatic heterocycles. The van der Waals surface area contributed by atoms with Gasteiger partial charge in [0.1, 0.15) is 5.82 Å². The van der Waals surface area contributed by atoms with Crippen LogP contribution < -0.4 is 5.32 Å². The maximum Gasteiger partial charge on any atom is 0.123 e. The Morgan fingerprint density at radius 1 is 1.11 bits per heavy atom. The minimum atomic E-state index is -0.184. The number of benzene rings is 1. The van der Waals surface area contributed by atoms with Crippen LogP contribution in [0.25, 0.3) is 0 Å². The highest BCUT2D eigenvalue weighted by Gasteiger charge is 2.06. The molecule has 1 nitrogen and oxygen atoms in total. The Morgan fingerprint density at radius 3 is 2.39 bits per heavy atom. The van der Waals surface area contributed by atoms with Gasteiger partial charge in [-0.3, -0.25) is 0 Å². The number of hydrogen-bond donors (Lipinski definition) is 1. The summed E-state index contributed by atoms with van der Waals surface area (Å²) in [5, 5.41) is 3.46. The predicted molar refractivity (Wildman–Crippen MR) is 75.4 cm³/mol. The van der Waals surface area contributed by atoms with Crippen molar-refractivity contribution in [2.45, 2.75) is 32.9 Å². The first-order valence-electron chi connectivity index (χ1n) is 6.25. The molecule has 0 amide bonds. The molecule has 3 heteroatoms. The molecular weight excluding hydrogens is 245 g/mol. The van der Waals surface area contributed by atoms with E-state index in [4.69, 9.17) is 0 Å². The van der Waals surface area contributed by atoms with E-state index in [0.29, 0.717) is 0 Å². The molecule has 2 rings (SSSR count). The zero-order valence-electron chi connectivity index (χ0n) is 10.7. The van der Waals surface area contributed by atoms with Crippen molar-refractivity contribution in [3.05, 3.63) is 57.5 Å². The van der Waals surface area contributed by atoms with E-state index in [1.807, 2.05) is 23.5 Å². The number of rotatable bonds is 5. The Kier molecular flexibility index (Phi) is 4.50. The standard InChI is InChI=1S/C15H18FNS/c1-3-14-8-9-15(18-14)10-17-11(2)12-4-6-13(16)7-5-12/h4-9,11,17H,3,10H2,1-2H3. The molecule has 0 saturated heterocycles. The molecule has 1 unspecified atom stereocenters. The lowest BCUT2D eigenvalue weighted by Crippen LogP contribution is -2.17. The second-order valence-electron chi connectivity index (χ2n) is 4.38. The molecular formula is C15H18FNS. The van der Waals surface area contributed by atoms with E-state index in [2.05, 4.69) is 31.3 Å². The Morgan fingerprint density at radius 2 is 1.78 bits per heavy atom. The fourth-order valence-corrected chi connectivity index (χ4v) is 2.74. The molecule has 0 aliphatic carbocycles. The summed E-state index contributed by atoms with van der Waals surface area (Å²) in [4.78, 5) is 2.77. The van der Waals surface area contributed by atoms with Crippen LogP contribution in [0.15, 0.2) is 36.4 Å². The largest absolute Gasteiger partial charge is 0.305 e.